The van der Waals surface area contributed by atoms with E-state index in [4.69, 9.17) is 0 Å². The highest BCUT2D eigenvalue weighted by atomic mass is 32.1. The van der Waals surface area contributed by atoms with E-state index in [9.17, 15) is 26.7 Å². The first-order valence-electron chi connectivity index (χ1n) is 7.24. The number of amides is 1. The molecular weight excluding hydrogens is 339 g/mol. The van der Waals surface area contributed by atoms with Gasteiger partial charge in [-0.1, -0.05) is 0 Å². The molecule has 1 aliphatic heterocycles. The van der Waals surface area contributed by atoms with Gasteiger partial charge in [-0.05, 0) is 19.8 Å². The molecule has 1 amide bonds. The molecule has 0 spiro atoms. The SMILES string of the molecule is CC1(C(=O)N2CCC(c3nc(C(F)(F)F)cs3)CC2)CC1(F)F. The van der Waals surface area contributed by atoms with Gasteiger partial charge in [-0.25, -0.2) is 13.8 Å². The van der Waals surface area contributed by atoms with E-state index in [-0.39, 0.29) is 19.0 Å². The number of hydrogen-bond donors (Lipinski definition) is 0. The summed E-state index contributed by atoms with van der Waals surface area (Å²) >= 11 is 0.956. The molecule has 1 unspecified atom stereocenters. The van der Waals surface area contributed by atoms with Crippen LogP contribution in [0.1, 0.15) is 42.8 Å². The van der Waals surface area contributed by atoms with Crippen molar-refractivity contribution in [2.75, 3.05) is 13.1 Å². The molecule has 1 aromatic rings. The van der Waals surface area contributed by atoms with Gasteiger partial charge in [-0.15, -0.1) is 11.3 Å². The van der Waals surface area contributed by atoms with Gasteiger partial charge in [0.2, 0.25) is 5.91 Å². The highest BCUT2D eigenvalue weighted by Gasteiger charge is 2.73. The molecule has 1 aliphatic carbocycles. The Kier molecular flexibility index (Phi) is 3.70. The lowest BCUT2D eigenvalue weighted by Gasteiger charge is -2.33. The zero-order valence-corrected chi connectivity index (χ0v) is 13.1. The summed E-state index contributed by atoms with van der Waals surface area (Å²) in [5.74, 6) is -3.67. The highest BCUT2D eigenvalue weighted by molar-refractivity contribution is 7.09. The fourth-order valence-corrected chi connectivity index (χ4v) is 3.91. The van der Waals surface area contributed by atoms with Crippen LogP contribution in [-0.4, -0.2) is 34.8 Å². The number of aromatic nitrogens is 1. The van der Waals surface area contributed by atoms with E-state index in [0.29, 0.717) is 17.8 Å². The largest absolute Gasteiger partial charge is 0.434 e. The highest BCUT2D eigenvalue weighted by Crippen LogP contribution is 2.61. The molecule has 3 rings (SSSR count). The average molecular weight is 354 g/mol. The van der Waals surface area contributed by atoms with Gasteiger partial charge in [-0.2, -0.15) is 13.2 Å². The third-order valence-corrected chi connectivity index (χ3v) is 5.68. The molecule has 128 valence electrons. The van der Waals surface area contributed by atoms with Crippen LogP contribution in [0.15, 0.2) is 5.38 Å². The van der Waals surface area contributed by atoms with Crippen molar-refractivity contribution < 1.29 is 26.7 Å². The second kappa shape index (κ2) is 5.12. The Hall–Kier alpha value is -1.25. The normalized spacial score (nSPS) is 28.0. The number of halogens is 5. The molecule has 0 bridgehead atoms. The summed E-state index contributed by atoms with van der Waals surface area (Å²) in [6.07, 6.45) is -4.01. The van der Waals surface area contributed by atoms with Crippen molar-refractivity contribution in [3.05, 3.63) is 16.1 Å². The molecule has 0 aromatic carbocycles. The Bertz CT molecular complexity index is 621. The summed E-state index contributed by atoms with van der Waals surface area (Å²) in [6.45, 7) is 1.81. The van der Waals surface area contributed by atoms with Crippen LogP contribution in [0.25, 0.3) is 0 Å². The van der Waals surface area contributed by atoms with Crippen molar-refractivity contribution in [2.24, 2.45) is 5.41 Å². The standard InChI is InChI=1S/C14H15F5N2OS/c1-12(7-13(12,15)16)11(22)21-4-2-8(3-5-21)10-20-9(6-23-10)14(17,18)19/h6,8H,2-5,7H2,1H3. The van der Waals surface area contributed by atoms with Gasteiger partial charge in [0, 0.05) is 30.8 Å². The molecule has 1 aromatic heterocycles. The molecule has 2 aliphatic rings. The van der Waals surface area contributed by atoms with E-state index in [1.54, 1.807) is 0 Å². The quantitative estimate of drug-likeness (QED) is 0.755. The number of piperidine rings is 1. The first-order valence-corrected chi connectivity index (χ1v) is 8.12. The van der Waals surface area contributed by atoms with Crippen LogP contribution in [0.3, 0.4) is 0 Å². The lowest BCUT2D eigenvalue weighted by atomic mass is 9.96. The third-order valence-electron chi connectivity index (χ3n) is 4.67. The minimum absolute atomic E-state index is 0.160. The Balaban J connectivity index is 1.61. The summed E-state index contributed by atoms with van der Waals surface area (Å²) in [7, 11) is 0. The molecule has 0 N–H and O–H groups in total. The smallest absolute Gasteiger partial charge is 0.342 e. The van der Waals surface area contributed by atoms with Crippen LogP contribution < -0.4 is 0 Å². The number of hydrogen-bond acceptors (Lipinski definition) is 3. The van der Waals surface area contributed by atoms with Crippen LogP contribution in [0.5, 0.6) is 0 Å². The van der Waals surface area contributed by atoms with E-state index in [1.165, 1.54) is 11.8 Å². The fraction of sp³-hybridized carbons (Fsp3) is 0.714. The predicted octanol–water partition coefficient (Wildman–Crippen LogP) is 3.91. The minimum atomic E-state index is -4.46. The van der Waals surface area contributed by atoms with Crippen LogP contribution in [0.4, 0.5) is 22.0 Å². The topological polar surface area (TPSA) is 33.2 Å². The van der Waals surface area contributed by atoms with Crippen LogP contribution >= 0.6 is 11.3 Å². The molecule has 1 atom stereocenters. The van der Waals surface area contributed by atoms with Gasteiger partial charge in [0.05, 0.1) is 5.01 Å². The Morgan fingerprint density at radius 2 is 1.91 bits per heavy atom. The molecule has 1 saturated carbocycles. The molecule has 2 fully saturated rings. The molecule has 2 heterocycles. The predicted molar refractivity (Wildman–Crippen MR) is 73.3 cm³/mol. The molecule has 23 heavy (non-hydrogen) atoms. The van der Waals surface area contributed by atoms with Crippen LogP contribution in [0, 0.1) is 5.41 Å². The third kappa shape index (κ3) is 2.83. The Labute approximate surface area is 133 Å². The van der Waals surface area contributed by atoms with E-state index in [2.05, 4.69) is 4.98 Å². The van der Waals surface area contributed by atoms with Crippen molar-refractivity contribution in [1.82, 2.24) is 9.88 Å². The van der Waals surface area contributed by atoms with E-state index >= 15 is 0 Å². The van der Waals surface area contributed by atoms with Gasteiger partial charge in [0.15, 0.2) is 5.69 Å². The number of carbonyl (C=O) groups is 1. The lowest BCUT2D eigenvalue weighted by Crippen LogP contribution is -2.43. The number of rotatable bonds is 2. The zero-order chi connectivity index (χ0) is 17.0. The maximum absolute atomic E-state index is 13.3. The van der Waals surface area contributed by atoms with E-state index in [0.717, 1.165) is 16.7 Å². The number of nitrogens with zero attached hydrogens (tertiary/aromatic N) is 2. The maximum atomic E-state index is 13.3. The Morgan fingerprint density at radius 1 is 1.35 bits per heavy atom. The summed E-state index contributed by atoms with van der Waals surface area (Å²) in [4.78, 5) is 17.2. The van der Waals surface area contributed by atoms with E-state index < -0.39 is 35.5 Å². The van der Waals surface area contributed by atoms with E-state index in [1.807, 2.05) is 0 Å². The van der Waals surface area contributed by atoms with Crippen molar-refractivity contribution in [3.8, 4) is 0 Å². The lowest BCUT2D eigenvalue weighted by molar-refractivity contribution is -0.141. The van der Waals surface area contributed by atoms with Crippen LogP contribution in [0.2, 0.25) is 0 Å². The molecule has 0 radical (unpaired) electrons. The van der Waals surface area contributed by atoms with Crippen molar-refractivity contribution in [2.45, 2.75) is 44.2 Å². The first-order chi connectivity index (χ1) is 10.5. The summed E-state index contributed by atoms with van der Waals surface area (Å²) in [5.41, 5.74) is -2.51. The number of likely N-dealkylation sites (tertiary alicyclic amines) is 1. The van der Waals surface area contributed by atoms with Gasteiger partial charge < -0.3 is 4.90 Å². The second-order valence-corrected chi connectivity index (χ2v) is 7.24. The monoisotopic (exact) mass is 354 g/mol. The molecule has 3 nitrogen and oxygen atoms in total. The van der Waals surface area contributed by atoms with Crippen molar-refractivity contribution >= 4 is 17.2 Å². The molecule has 1 saturated heterocycles. The van der Waals surface area contributed by atoms with Gasteiger partial charge in [0.1, 0.15) is 5.41 Å². The van der Waals surface area contributed by atoms with Gasteiger partial charge in [0.25, 0.3) is 5.92 Å². The fourth-order valence-electron chi connectivity index (χ4n) is 2.92. The van der Waals surface area contributed by atoms with Crippen molar-refractivity contribution in [1.29, 1.82) is 0 Å². The number of alkyl halides is 5. The van der Waals surface area contributed by atoms with Crippen LogP contribution in [-0.2, 0) is 11.0 Å². The minimum Gasteiger partial charge on any atom is -0.342 e. The number of carbonyl (C=O) groups excluding carboxylic acids is 1. The van der Waals surface area contributed by atoms with Crippen molar-refractivity contribution in [3.63, 3.8) is 0 Å². The number of thiazole rings is 1. The zero-order valence-electron chi connectivity index (χ0n) is 12.3. The maximum Gasteiger partial charge on any atom is 0.434 e. The second-order valence-electron chi connectivity index (χ2n) is 6.35. The summed E-state index contributed by atoms with van der Waals surface area (Å²) < 4.78 is 64.3. The molecular formula is C14H15F5N2OS. The molecule has 9 heteroatoms. The summed E-state index contributed by atoms with van der Waals surface area (Å²) in [5, 5.41) is 1.38. The Morgan fingerprint density at radius 3 is 2.35 bits per heavy atom. The van der Waals surface area contributed by atoms with Gasteiger partial charge in [-0.3, -0.25) is 4.79 Å². The average Bonchev–Trinajstić information content (AvgIpc) is 2.84. The summed E-state index contributed by atoms with van der Waals surface area (Å²) in [6, 6.07) is 0. The van der Waals surface area contributed by atoms with Gasteiger partial charge >= 0.3 is 6.18 Å². The first kappa shape index (κ1) is 16.6.